The summed E-state index contributed by atoms with van der Waals surface area (Å²) in [5, 5.41) is 4.89. The first-order valence-corrected chi connectivity index (χ1v) is 12.2. The molecule has 184 valence electrons. The summed E-state index contributed by atoms with van der Waals surface area (Å²) >= 11 is 1.59. The highest BCUT2D eigenvalue weighted by atomic mass is 32.1. The number of carbonyl (C=O) groups is 2. The van der Waals surface area contributed by atoms with Crippen molar-refractivity contribution < 1.29 is 23.8 Å². The maximum Gasteiger partial charge on any atom is 0.318 e. The number of urea groups is 1. The first-order valence-electron chi connectivity index (χ1n) is 11.4. The van der Waals surface area contributed by atoms with Crippen LogP contribution >= 0.6 is 11.3 Å². The maximum absolute atomic E-state index is 13.5. The highest BCUT2D eigenvalue weighted by Crippen LogP contribution is 2.33. The van der Waals surface area contributed by atoms with Crippen molar-refractivity contribution in [2.24, 2.45) is 0 Å². The van der Waals surface area contributed by atoms with Gasteiger partial charge in [-0.2, -0.15) is 0 Å². The molecule has 8 nitrogen and oxygen atoms in total. The first-order chi connectivity index (χ1) is 17.1. The summed E-state index contributed by atoms with van der Waals surface area (Å²) in [4.78, 5) is 30.7. The number of nitrogens with one attached hydrogen (secondary N) is 1. The lowest BCUT2D eigenvalue weighted by Crippen LogP contribution is -2.47. The second kappa shape index (κ2) is 12.2. The van der Waals surface area contributed by atoms with Crippen LogP contribution in [0, 0.1) is 0 Å². The lowest BCUT2D eigenvalue weighted by Gasteiger charge is -2.28. The molecule has 0 fully saturated rings. The van der Waals surface area contributed by atoms with Gasteiger partial charge >= 0.3 is 6.03 Å². The average Bonchev–Trinajstić information content (AvgIpc) is 3.57. The van der Waals surface area contributed by atoms with Crippen molar-refractivity contribution in [3.63, 3.8) is 0 Å². The van der Waals surface area contributed by atoms with Crippen LogP contribution in [0.15, 0.2) is 66.0 Å². The summed E-state index contributed by atoms with van der Waals surface area (Å²) in [6, 6.07) is 19.0. The Bertz CT molecular complexity index is 1110. The molecule has 0 spiro atoms. The highest BCUT2D eigenvalue weighted by Gasteiger charge is 2.23. The second-order valence-corrected chi connectivity index (χ2v) is 9.11. The molecular weight excluding hydrogens is 466 g/mol. The molecule has 0 aliphatic carbocycles. The van der Waals surface area contributed by atoms with Crippen LogP contribution in [0.2, 0.25) is 0 Å². The number of hydrogen-bond acceptors (Lipinski definition) is 6. The molecule has 0 bridgehead atoms. The molecule has 0 radical (unpaired) electrons. The molecule has 0 atom stereocenters. The van der Waals surface area contributed by atoms with Crippen LogP contribution in [0.5, 0.6) is 11.5 Å². The summed E-state index contributed by atoms with van der Waals surface area (Å²) < 4.78 is 16.1. The Hall–Kier alpha value is -3.56. The lowest BCUT2D eigenvalue weighted by atomic mass is 10.2. The number of methoxy groups -OCH3 is 1. The van der Waals surface area contributed by atoms with Crippen molar-refractivity contribution >= 4 is 23.3 Å². The van der Waals surface area contributed by atoms with Crippen molar-refractivity contribution in [1.82, 2.24) is 15.1 Å². The fourth-order valence-corrected chi connectivity index (χ4v) is 4.40. The topological polar surface area (TPSA) is 80.3 Å². The van der Waals surface area contributed by atoms with Crippen LogP contribution in [0.3, 0.4) is 0 Å². The van der Waals surface area contributed by atoms with Crippen LogP contribution in [0.1, 0.15) is 16.0 Å². The Labute approximate surface area is 209 Å². The third kappa shape index (κ3) is 6.97. The Morgan fingerprint density at radius 3 is 2.57 bits per heavy atom. The van der Waals surface area contributed by atoms with E-state index in [-0.39, 0.29) is 25.3 Å². The molecule has 1 aliphatic heterocycles. The van der Waals surface area contributed by atoms with E-state index in [2.05, 4.69) is 5.32 Å². The number of thiophene rings is 1. The number of hydrogen-bond donors (Lipinski definition) is 1. The predicted molar refractivity (Wildman–Crippen MR) is 133 cm³/mol. The molecule has 4 rings (SSSR count). The van der Waals surface area contributed by atoms with Gasteiger partial charge in [-0.15, -0.1) is 11.3 Å². The molecule has 3 aromatic rings. The Balaban J connectivity index is 1.45. The Kier molecular flexibility index (Phi) is 8.58. The predicted octanol–water partition coefficient (Wildman–Crippen LogP) is 3.86. The molecular formula is C26H29N3O5S. The number of ether oxygens (including phenoxy) is 3. The van der Waals surface area contributed by atoms with E-state index in [1.165, 1.54) is 4.90 Å². The maximum atomic E-state index is 13.5. The standard InChI is InChI=1S/C26H29N3O5S/c1-32-12-11-28(26(31)27-15-20-6-3-2-4-7-20)18-25(30)29(17-22-8-5-13-35-22)16-21-9-10-23-24(14-21)34-19-33-23/h2-10,13-14H,11-12,15-19H2,1H3,(H,27,31). The summed E-state index contributed by atoms with van der Waals surface area (Å²) in [6.45, 7) is 2.00. The fourth-order valence-electron chi connectivity index (χ4n) is 3.69. The Morgan fingerprint density at radius 1 is 0.971 bits per heavy atom. The van der Waals surface area contributed by atoms with Crippen molar-refractivity contribution in [3.8, 4) is 11.5 Å². The van der Waals surface area contributed by atoms with Gasteiger partial charge < -0.3 is 29.3 Å². The van der Waals surface area contributed by atoms with Crippen LogP contribution in [0.25, 0.3) is 0 Å². The van der Waals surface area contributed by atoms with E-state index in [0.29, 0.717) is 44.3 Å². The third-order valence-electron chi connectivity index (χ3n) is 5.56. The number of benzene rings is 2. The van der Waals surface area contributed by atoms with Crippen molar-refractivity contribution in [2.75, 3.05) is 33.6 Å². The molecule has 1 N–H and O–H groups in total. The molecule has 1 aromatic heterocycles. The van der Waals surface area contributed by atoms with Gasteiger partial charge in [0.2, 0.25) is 12.7 Å². The van der Waals surface area contributed by atoms with E-state index >= 15 is 0 Å². The smallest absolute Gasteiger partial charge is 0.318 e. The van der Waals surface area contributed by atoms with E-state index in [9.17, 15) is 9.59 Å². The zero-order valence-electron chi connectivity index (χ0n) is 19.6. The third-order valence-corrected chi connectivity index (χ3v) is 6.42. The van der Waals surface area contributed by atoms with Gasteiger partial charge in [-0.05, 0) is 34.7 Å². The molecule has 35 heavy (non-hydrogen) atoms. The minimum atomic E-state index is -0.307. The second-order valence-electron chi connectivity index (χ2n) is 8.08. The summed E-state index contributed by atoms with van der Waals surface area (Å²) in [5.41, 5.74) is 1.91. The molecule has 2 heterocycles. The molecule has 0 saturated carbocycles. The van der Waals surface area contributed by atoms with E-state index < -0.39 is 0 Å². The SMILES string of the molecule is COCCN(CC(=O)N(Cc1ccc2c(c1)OCO2)Cc1cccs1)C(=O)NCc1ccccc1. The molecule has 1 aliphatic rings. The van der Waals surface area contributed by atoms with E-state index in [1.807, 2.05) is 66.0 Å². The number of nitrogens with zero attached hydrogens (tertiary/aromatic N) is 2. The van der Waals surface area contributed by atoms with Crippen LogP contribution in [0.4, 0.5) is 4.79 Å². The normalized spacial score (nSPS) is 11.8. The van der Waals surface area contributed by atoms with E-state index in [4.69, 9.17) is 14.2 Å². The highest BCUT2D eigenvalue weighted by molar-refractivity contribution is 7.09. The zero-order valence-corrected chi connectivity index (χ0v) is 20.5. The number of fused-ring (bicyclic) bond motifs is 1. The lowest BCUT2D eigenvalue weighted by molar-refractivity contribution is -0.133. The molecule has 9 heteroatoms. The van der Waals surface area contributed by atoms with Crippen LogP contribution in [-0.2, 0) is 29.2 Å². The largest absolute Gasteiger partial charge is 0.454 e. The van der Waals surface area contributed by atoms with Gasteiger partial charge in [-0.3, -0.25) is 4.79 Å². The summed E-state index contributed by atoms with van der Waals surface area (Å²) in [5.74, 6) is 1.22. The van der Waals surface area contributed by atoms with Gasteiger partial charge in [-0.25, -0.2) is 4.79 Å². The molecule has 2 aromatic carbocycles. The number of rotatable bonds is 11. The van der Waals surface area contributed by atoms with Gasteiger partial charge in [0, 0.05) is 31.6 Å². The quantitative estimate of drug-likeness (QED) is 0.437. The summed E-state index contributed by atoms with van der Waals surface area (Å²) in [7, 11) is 1.57. The van der Waals surface area contributed by atoms with Crippen molar-refractivity contribution in [1.29, 1.82) is 0 Å². The molecule has 0 saturated heterocycles. The molecule has 0 unspecified atom stereocenters. The molecule has 3 amide bonds. The number of carbonyl (C=O) groups excluding carboxylic acids is 2. The summed E-state index contributed by atoms with van der Waals surface area (Å²) in [6.07, 6.45) is 0. The van der Waals surface area contributed by atoms with Gasteiger partial charge in [-0.1, -0.05) is 42.5 Å². The monoisotopic (exact) mass is 495 g/mol. The van der Waals surface area contributed by atoms with Crippen LogP contribution in [-0.4, -0.2) is 55.3 Å². The number of amides is 3. The Morgan fingerprint density at radius 2 is 1.80 bits per heavy atom. The van der Waals surface area contributed by atoms with E-state index in [1.54, 1.807) is 23.3 Å². The van der Waals surface area contributed by atoms with Crippen LogP contribution < -0.4 is 14.8 Å². The average molecular weight is 496 g/mol. The van der Waals surface area contributed by atoms with Gasteiger partial charge in [0.05, 0.1) is 13.2 Å². The minimum absolute atomic E-state index is 0.0556. The van der Waals surface area contributed by atoms with Gasteiger partial charge in [0.15, 0.2) is 11.5 Å². The van der Waals surface area contributed by atoms with Crippen molar-refractivity contribution in [3.05, 3.63) is 82.0 Å². The minimum Gasteiger partial charge on any atom is -0.454 e. The first kappa shape index (κ1) is 24.6. The van der Waals surface area contributed by atoms with Gasteiger partial charge in [0.1, 0.15) is 6.54 Å². The fraction of sp³-hybridized carbons (Fsp3) is 0.308. The zero-order chi connectivity index (χ0) is 24.5. The van der Waals surface area contributed by atoms with E-state index in [0.717, 1.165) is 16.0 Å². The van der Waals surface area contributed by atoms with Gasteiger partial charge in [0.25, 0.3) is 0 Å². The van der Waals surface area contributed by atoms with Crippen molar-refractivity contribution in [2.45, 2.75) is 19.6 Å².